The highest BCUT2D eigenvalue weighted by Crippen LogP contribution is 2.30. The fourth-order valence-electron chi connectivity index (χ4n) is 1.86. The van der Waals surface area contributed by atoms with E-state index in [0.29, 0.717) is 5.92 Å². The quantitative estimate of drug-likeness (QED) is 0.499. The van der Waals surface area contributed by atoms with Crippen LogP contribution in [0.3, 0.4) is 0 Å². The molecule has 78 valence electrons. The van der Waals surface area contributed by atoms with E-state index in [2.05, 4.69) is 13.5 Å². The summed E-state index contributed by atoms with van der Waals surface area (Å²) in [4.78, 5) is 10.9. The van der Waals surface area contributed by atoms with Gasteiger partial charge in [-0.25, -0.2) is 0 Å². The Morgan fingerprint density at radius 2 is 2.21 bits per heavy atom. The van der Waals surface area contributed by atoms with Crippen LogP contribution in [0.15, 0.2) is 23.8 Å². The third kappa shape index (κ3) is 2.72. The van der Waals surface area contributed by atoms with E-state index in [-0.39, 0.29) is 12.1 Å². The van der Waals surface area contributed by atoms with Crippen molar-refractivity contribution in [1.82, 2.24) is 0 Å². The zero-order valence-corrected chi connectivity index (χ0v) is 9.17. The highest BCUT2D eigenvalue weighted by Gasteiger charge is 2.26. The molecule has 2 heteroatoms. The number of rotatable bonds is 2. The van der Waals surface area contributed by atoms with Crippen LogP contribution in [0.4, 0.5) is 0 Å². The summed E-state index contributed by atoms with van der Waals surface area (Å²) in [6.07, 6.45) is 4.06. The zero-order valence-electron chi connectivity index (χ0n) is 9.17. The summed E-state index contributed by atoms with van der Waals surface area (Å²) in [7, 11) is 0. The van der Waals surface area contributed by atoms with Crippen molar-refractivity contribution in [2.24, 2.45) is 5.92 Å². The molecule has 0 saturated heterocycles. The largest absolute Gasteiger partial charge is 0.458 e. The third-order valence-electron chi connectivity index (χ3n) is 2.63. The Morgan fingerprint density at radius 1 is 1.57 bits per heavy atom. The Bertz CT molecular complexity index is 276. The summed E-state index contributed by atoms with van der Waals surface area (Å²) in [6, 6.07) is 0. The van der Waals surface area contributed by atoms with Crippen LogP contribution in [-0.4, -0.2) is 12.1 Å². The van der Waals surface area contributed by atoms with Crippen LogP contribution >= 0.6 is 0 Å². The maximum Gasteiger partial charge on any atom is 0.303 e. The van der Waals surface area contributed by atoms with Crippen molar-refractivity contribution in [3.05, 3.63) is 23.8 Å². The standard InChI is InChI=1S/C12H18O2/c1-8(2)11-6-5-9(3)7-12(11)14-10(4)13/h7,11-12H,1,5-6H2,2-4H3/t11-,12?/m0/s1. The van der Waals surface area contributed by atoms with Gasteiger partial charge in [-0.2, -0.15) is 0 Å². The van der Waals surface area contributed by atoms with Gasteiger partial charge in [0.2, 0.25) is 0 Å². The van der Waals surface area contributed by atoms with E-state index < -0.39 is 0 Å². The molecule has 14 heavy (non-hydrogen) atoms. The SMILES string of the molecule is C=C(C)[C@@H]1CCC(C)=CC1OC(C)=O. The minimum atomic E-state index is -0.216. The second-order valence-electron chi connectivity index (χ2n) is 4.08. The number of allylic oxidation sites excluding steroid dienone is 1. The van der Waals surface area contributed by atoms with Gasteiger partial charge >= 0.3 is 5.97 Å². The second-order valence-corrected chi connectivity index (χ2v) is 4.08. The molecule has 1 rings (SSSR count). The van der Waals surface area contributed by atoms with Crippen LogP contribution < -0.4 is 0 Å². The number of hydrogen-bond donors (Lipinski definition) is 0. The Balaban J connectivity index is 2.77. The van der Waals surface area contributed by atoms with E-state index in [1.54, 1.807) is 0 Å². The molecule has 0 radical (unpaired) electrons. The second kappa shape index (κ2) is 4.45. The summed E-state index contributed by atoms with van der Waals surface area (Å²) < 4.78 is 5.26. The average Bonchev–Trinajstić information content (AvgIpc) is 2.01. The van der Waals surface area contributed by atoms with E-state index in [1.807, 2.05) is 13.0 Å². The summed E-state index contributed by atoms with van der Waals surface area (Å²) in [5.41, 5.74) is 2.40. The summed E-state index contributed by atoms with van der Waals surface area (Å²) in [5.74, 6) is 0.0785. The molecule has 2 nitrogen and oxygen atoms in total. The van der Waals surface area contributed by atoms with E-state index in [1.165, 1.54) is 12.5 Å². The van der Waals surface area contributed by atoms with Gasteiger partial charge < -0.3 is 4.74 Å². The normalized spacial score (nSPS) is 26.6. The fourth-order valence-corrected chi connectivity index (χ4v) is 1.86. The first kappa shape index (κ1) is 11.0. The zero-order chi connectivity index (χ0) is 10.7. The molecule has 1 aliphatic rings. The molecule has 0 amide bonds. The molecule has 0 aromatic carbocycles. The Labute approximate surface area is 85.6 Å². The molecule has 0 aromatic rings. The first-order valence-corrected chi connectivity index (χ1v) is 5.00. The number of carbonyl (C=O) groups excluding carboxylic acids is 1. The molecular weight excluding hydrogens is 176 g/mol. The van der Waals surface area contributed by atoms with E-state index >= 15 is 0 Å². The lowest BCUT2D eigenvalue weighted by Gasteiger charge is -2.29. The maximum absolute atomic E-state index is 10.9. The van der Waals surface area contributed by atoms with Gasteiger partial charge in [-0.3, -0.25) is 4.79 Å². The summed E-state index contributed by atoms with van der Waals surface area (Å²) >= 11 is 0. The van der Waals surface area contributed by atoms with E-state index in [4.69, 9.17) is 4.74 Å². The van der Waals surface area contributed by atoms with Crippen molar-refractivity contribution < 1.29 is 9.53 Å². The van der Waals surface area contributed by atoms with Crippen LogP contribution in [0.1, 0.15) is 33.6 Å². The van der Waals surface area contributed by atoms with Crippen LogP contribution in [0.5, 0.6) is 0 Å². The predicted molar refractivity (Wildman–Crippen MR) is 56.8 cm³/mol. The van der Waals surface area contributed by atoms with Crippen molar-refractivity contribution in [1.29, 1.82) is 0 Å². The molecule has 0 N–H and O–H groups in total. The highest BCUT2D eigenvalue weighted by molar-refractivity contribution is 5.66. The van der Waals surface area contributed by atoms with Gasteiger partial charge in [-0.15, -0.1) is 0 Å². The predicted octanol–water partition coefficient (Wildman–Crippen LogP) is 2.85. The smallest absolute Gasteiger partial charge is 0.303 e. The highest BCUT2D eigenvalue weighted by atomic mass is 16.5. The molecule has 0 aromatic heterocycles. The Morgan fingerprint density at radius 3 is 2.71 bits per heavy atom. The lowest BCUT2D eigenvalue weighted by atomic mass is 9.83. The van der Waals surface area contributed by atoms with Gasteiger partial charge in [0.25, 0.3) is 0 Å². The lowest BCUT2D eigenvalue weighted by Crippen LogP contribution is -2.28. The summed E-state index contributed by atoms with van der Waals surface area (Å²) in [6.45, 7) is 9.46. The number of hydrogen-bond acceptors (Lipinski definition) is 2. The van der Waals surface area contributed by atoms with Crippen LogP contribution in [0, 0.1) is 5.92 Å². The van der Waals surface area contributed by atoms with Crippen LogP contribution in [0.25, 0.3) is 0 Å². The van der Waals surface area contributed by atoms with E-state index in [0.717, 1.165) is 18.4 Å². The molecule has 1 unspecified atom stereocenters. The lowest BCUT2D eigenvalue weighted by molar-refractivity contribution is -0.146. The molecule has 0 spiro atoms. The first-order chi connectivity index (χ1) is 6.50. The van der Waals surface area contributed by atoms with E-state index in [9.17, 15) is 4.79 Å². The number of esters is 1. The molecule has 2 atom stereocenters. The molecule has 0 fully saturated rings. The van der Waals surface area contributed by atoms with Crippen molar-refractivity contribution >= 4 is 5.97 Å². The van der Waals surface area contributed by atoms with Crippen LogP contribution in [-0.2, 0) is 9.53 Å². The Kier molecular flexibility index (Phi) is 3.50. The van der Waals surface area contributed by atoms with Crippen LogP contribution in [0.2, 0.25) is 0 Å². The van der Waals surface area contributed by atoms with Gasteiger partial charge in [0, 0.05) is 12.8 Å². The fraction of sp³-hybridized carbons (Fsp3) is 0.583. The minimum absolute atomic E-state index is 0.0984. The minimum Gasteiger partial charge on any atom is -0.458 e. The number of ether oxygens (including phenoxy) is 1. The monoisotopic (exact) mass is 194 g/mol. The van der Waals surface area contributed by atoms with Crippen molar-refractivity contribution in [2.45, 2.75) is 39.7 Å². The maximum atomic E-state index is 10.9. The van der Waals surface area contributed by atoms with Gasteiger partial charge in [-0.05, 0) is 32.8 Å². The van der Waals surface area contributed by atoms with Gasteiger partial charge in [0.1, 0.15) is 6.10 Å². The van der Waals surface area contributed by atoms with Crippen molar-refractivity contribution in [3.63, 3.8) is 0 Å². The van der Waals surface area contributed by atoms with Gasteiger partial charge in [0.05, 0.1) is 0 Å². The molecule has 1 aliphatic carbocycles. The number of carbonyl (C=O) groups is 1. The molecule has 0 bridgehead atoms. The molecule has 0 aliphatic heterocycles. The molecule has 0 heterocycles. The van der Waals surface area contributed by atoms with Gasteiger partial charge in [-0.1, -0.05) is 17.7 Å². The molecular formula is C12H18O2. The topological polar surface area (TPSA) is 26.3 Å². The summed E-state index contributed by atoms with van der Waals surface area (Å²) in [5, 5.41) is 0. The first-order valence-electron chi connectivity index (χ1n) is 5.00. The van der Waals surface area contributed by atoms with Crippen molar-refractivity contribution in [2.75, 3.05) is 0 Å². The van der Waals surface area contributed by atoms with Gasteiger partial charge in [0.15, 0.2) is 0 Å². The third-order valence-corrected chi connectivity index (χ3v) is 2.63. The molecule has 0 saturated carbocycles. The van der Waals surface area contributed by atoms with Crippen molar-refractivity contribution in [3.8, 4) is 0 Å². The average molecular weight is 194 g/mol. The Hall–Kier alpha value is -1.05.